The fourth-order valence-electron chi connectivity index (χ4n) is 1.32. The third kappa shape index (κ3) is 1.73. The first-order valence-corrected chi connectivity index (χ1v) is 5.07. The van der Waals surface area contributed by atoms with Crippen LogP contribution in [0.15, 0.2) is 24.3 Å². The van der Waals surface area contributed by atoms with Gasteiger partial charge in [-0.25, -0.2) is 10.7 Å². The molecule has 1 heterocycles. The number of hydrogen-bond acceptors (Lipinski definition) is 4. The number of amides is 1. The van der Waals surface area contributed by atoms with Gasteiger partial charge in [-0.1, -0.05) is 0 Å². The predicted octanol–water partition coefficient (Wildman–Crippen LogP) is 1.82. The molecular weight excluding hydrogens is 232 g/mol. The Balaban J connectivity index is 2.54. The van der Waals surface area contributed by atoms with E-state index in [1.165, 1.54) is 35.0 Å². The molecule has 0 spiro atoms. The van der Waals surface area contributed by atoms with Crippen LogP contribution in [0.2, 0.25) is 0 Å². The van der Waals surface area contributed by atoms with Crippen molar-refractivity contribution in [2.24, 2.45) is 0 Å². The minimum absolute atomic E-state index is 0.0845. The molecule has 2 aromatic rings. The van der Waals surface area contributed by atoms with E-state index in [0.29, 0.717) is 10.3 Å². The Morgan fingerprint density at radius 3 is 2.75 bits per heavy atom. The van der Waals surface area contributed by atoms with Gasteiger partial charge in [-0.2, -0.15) is 0 Å². The maximum absolute atomic E-state index is 11.1. The molecule has 0 fully saturated rings. The average molecular weight is 239 g/mol. The zero-order chi connectivity index (χ0) is 11.7. The first-order valence-electron chi connectivity index (χ1n) is 4.26. The van der Waals surface area contributed by atoms with E-state index in [1.54, 1.807) is 6.07 Å². The summed E-state index contributed by atoms with van der Waals surface area (Å²) in [6, 6.07) is 6.03. The lowest BCUT2D eigenvalue weighted by atomic mass is 10.2. The molecule has 1 aromatic carbocycles. The van der Waals surface area contributed by atoms with Gasteiger partial charge in [0.05, 0.1) is 9.78 Å². The van der Waals surface area contributed by atoms with Crippen molar-refractivity contribution in [2.75, 3.05) is 0 Å². The zero-order valence-electron chi connectivity index (χ0n) is 7.88. The number of rotatable bonds is 2. The van der Waals surface area contributed by atoms with Crippen LogP contribution in [0, 0.1) is 4.91 Å². The zero-order valence-corrected chi connectivity index (χ0v) is 8.69. The number of carbonyl (C=O) groups excluding carboxylic acids is 1. The molecule has 16 heavy (non-hydrogen) atoms. The van der Waals surface area contributed by atoms with E-state index in [0.717, 1.165) is 4.70 Å². The third-order valence-corrected chi connectivity index (χ3v) is 3.16. The van der Waals surface area contributed by atoms with Crippen LogP contribution in [-0.2, 0) is 0 Å². The van der Waals surface area contributed by atoms with Gasteiger partial charge in [0.1, 0.15) is 0 Å². The fourth-order valence-corrected chi connectivity index (χ4v) is 2.25. The van der Waals surface area contributed by atoms with Crippen LogP contribution in [0.5, 0.6) is 0 Å². The Bertz CT molecular complexity index is 578. The molecule has 2 rings (SSSR count). The smallest absolute Gasteiger partial charge is 0.288 e. The summed E-state index contributed by atoms with van der Waals surface area (Å²) in [5, 5.41) is 17.8. The number of nitrogens with zero attached hydrogens (tertiary/aromatic N) is 1. The lowest BCUT2D eigenvalue weighted by molar-refractivity contribution is -0.729. The molecule has 3 N–H and O–H groups in total. The summed E-state index contributed by atoms with van der Waals surface area (Å²) < 4.78 is 0.782. The van der Waals surface area contributed by atoms with Gasteiger partial charge in [0.15, 0.2) is 0 Å². The quantitative estimate of drug-likeness (QED) is 0.550. The van der Waals surface area contributed by atoms with Crippen LogP contribution in [0.3, 0.4) is 0 Å². The molecule has 0 saturated carbocycles. The normalized spacial score (nSPS) is 10.3. The standard InChI is InChI=1S/C9H6N2O4S/c12-9(10-13)8-4-5-3-6(11(14)15)1-2-7(5)16-8/h1-4H,(H2-,10,12,13,14,15)/p+1. The van der Waals surface area contributed by atoms with Crippen LogP contribution >= 0.6 is 11.3 Å². The van der Waals surface area contributed by atoms with E-state index < -0.39 is 5.91 Å². The molecule has 0 aliphatic heterocycles. The molecule has 6 nitrogen and oxygen atoms in total. The number of hydrogen-bond donors (Lipinski definition) is 3. The van der Waals surface area contributed by atoms with Crippen LogP contribution in [0.4, 0.5) is 5.69 Å². The SMILES string of the molecule is O=C(NO)c1cc2cc([N+](=O)O)ccc2s1. The van der Waals surface area contributed by atoms with Crippen molar-refractivity contribution in [1.82, 2.24) is 5.48 Å². The highest BCUT2D eigenvalue weighted by Gasteiger charge is 2.15. The second kappa shape index (κ2) is 3.87. The summed E-state index contributed by atoms with van der Waals surface area (Å²) in [4.78, 5) is 21.8. The molecule has 0 unspecified atom stereocenters. The first-order chi connectivity index (χ1) is 7.61. The number of carbonyl (C=O) groups is 1. The lowest BCUT2D eigenvalue weighted by Gasteiger charge is -1.89. The van der Waals surface area contributed by atoms with Crippen molar-refractivity contribution in [3.05, 3.63) is 34.0 Å². The van der Waals surface area contributed by atoms with Crippen molar-refractivity contribution in [3.63, 3.8) is 0 Å². The van der Waals surface area contributed by atoms with E-state index in [9.17, 15) is 9.70 Å². The first kappa shape index (κ1) is 10.5. The third-order valence-electron chi connectivity index (χ3n) is 2.05. The Hall–Kier alpha value is -1.99. The maximum atomic E-state index is 11.1. The van der Waals surface area contributed by atoms with Gasteiger partial charge in [-0.05, 0) is 12.1 Å². The molecule has 0 atom stereocenters. The molecule has 0 aliphatic carbocycles. The summed E-state index contributed by atoms with van der Waals surface area (Å²) in [6.45, 7) is 0. The molecule has 0 bridgehead atoms. The highest BCUT2D eigenvalue weighted by molar-refractivity contribution is 7.20. The Morgan fingerprint density at radius 1 is 1.38 bits per heavy atom. The molecule has 0 aliphatic rings. The molecular formula is C9H7N2O4S+. The minimum atomic E-state index is -0.606. The van der Waals surface area contributed by atoms with Crippen molar-refractivity contribution in [1.29, 1.82) is 0 Å². The minimum Gasteiger partial charge on any atom is -0.288 e. The highest BCUT2D eigenvalue weighted by Crippen LogP contribution is 2.28. The summed E-state index contributed by atoms with van der Waals surface area (Å²) in [5.41, 5.74) is 1.61. The molecule has 7 heteroatoms. The van der Waals surface area contributed by atoms with E-state index >= 15 is 0 Å². The van der Waals surface area contributed by atoms with Crippen molar-refractivity contribution < 1.29 is 20.1 Å². The average Bonchev–Trinajstić information content (AvgIpc) is 2.70. The van der Waals surface area contributed by atoms with Gasteiger partial charge in [0.2, 0.25) is 0 Å². The van der Waals surface area contributed by atoms with Gasteiger partial charge in [0, 0.05) is 22.2 Å². The van der Waals surface area contributed by atoms with Gasteiger partial charge < -0.3 is 0 Å². The summed E-state index contributed by atoms with van der Waals surface area (Å²) in [5.74, 6) is -0.606. The number of fused-ring (bicyclic) bond motifs is 1. The molecule has 1 aromatic heterocycles. The van der Waals surface area contributed by atoms with Gasteiger partial charge in [-0.15, -0.1) is 11.3 Å². The Labute approximate surface area is 93.2 Å². The fraction of sp³-hybridized carbons (Fsp3) is 0. The van der Waals surface area contributed by atoms with E-state index in [4.69, 9.17) is 10.4 Å². The largest absolute Gasteiger partial charge is 0.317 e. The monoisotopic (exact) mass is 239 g/mol. The second-order valence-electron chi connectivity index (χ2n) is 3.05. The van der Waals surface area contributed by atoms with Crippen molar-refractivity contribution in [2.45, 2.75) is 0 Å². The van der Waals surface area contributed by atoms with Crippen molar-refractivity contribution in [3.8, 4) is 0 Å². The van der Waals surface area contributed by atoms with Crippen LogP contribution in [0.1, 0.15) is 9.67 Å². The summed E-state index contributed by atoms with van der Waals surface area (Å²) in [7, 11) is 0. The number of thiophene rings is 1. The van der Waals surface area contributed by atoms with E-state index in [1.807, 2.05) is 0 Å². The topological polar surface area (TPSA) is 89.6 Å². The molecule has 1 amide bonds. The maximum Gasteiger partial charge on any atom is 0.317 e. The Morgan fingerprint density at radius 2 is 2.12 bits per heavy atom. The van der Waals surface area contributed by atoms with Crippen LogP contribution in [-0.4, -0.2) is 21.2 Å². The number of benzene rings is 1. The second-order valence-corrected chi connectivity index (χ2v) is 4.13. The Kier molecular flexibility index (Phi) is 2.55. The van der Waals surface area contributed by atoms with E-state index in [-0.39, 0.29) is 10.6 Å². The van der Waals surface area contributed by atoms with E-state index in [2.05, 4.69) is 0 Å². The molecule has 0 radical (unpaired) electrons. The molecule has 0 saturated heterocycles. The lowest BCUT2D eigenvalue weighted by Crippen LogP contribution is -2.16. The summed E-state index contributed by atoms with van der Waals surface area (Å²) >= 11 is 1.18. The predicted molar refractivity (Wildman–Crippen MR) is 56.2 cm³/mol. The van der Waals surface area contributed by atoms with Gasteiger partial charge >= 0.3 is 5.69 Å². The van der Waals surface area contributed by atoms with Crippen molar-refractivity contribution >= 4 is 33.0 Å². The molecule has 82 valence electrons. The van der Waals surface area contributed by atoms with Crippen LogP contribution < -0.4 is 5.48 Å². The number of hydroxylamine groups is 1. The van der Waals surface area contributed by atoms with Gasteiger partial charge in [0.25, 0.3) is 10.8 Å². The number of nitrogens with one attached hydrogen (secondary N) is 1. The van der Waals surface area contributed by atoms with Crippen LogP contribution in [0.25, 0.3) is 10.1 Å². The highest BCUT2D eigenvalue weighted by atomic mass is 32.1. The van der Waals surface area contributed by atoms with Gasteiger partial charge in [-0.3, -0.25) is 10.0 Å². The summed E-state index contributed by atoms with van der Waals surface area (Å²) in [6.07, 6.45) is 0.